The number of phosphoric ester groups is 1. The first-order chi connectivity index (χ1) is 35.8. The summed E-state index contributed by atoms with van der Waals surface area (Å²) in [5.41, 5.74) is 5.38. The maximum Gasteiger partial charge on any atom is 0.472 e. The van der Waals surface area contributed by atoms with Gasteiger partial charge in [0.25, 0.3) is 0 Å². The second kappa shape index (κ2) is 57.9. The molecule has 0 bridgehead atoms. The maximum atomic E-state index is 12.7. The summed E-state index contributed by atoms with van der Waals surface area (Å²) >= 11 is 0. The maximum absolute atomic E-state index is 12.7. The molecule has 10 heteroatoms. The van der Waals surface area contributed by atoms with E-state index in [9.17, 15) is 19.0 Å². The van der Waals surface area contributed by atoms with Crippen LogP contribution in [0.1, 0.15) is 245 Å². The fourth-order valence-corrected chi connectivity index (χ4v) is 8.65. The number of hydrogen-bond acceptors (Lipinski definition) is 8. The zero-order valence-corrected chi connectivity index (χ0v) is 47.5. The number of carbonyl (C=O) groups excluding carboxylic acids is 2. The first kappa shape index (κ1) is 69.7. The van der Waals surface area contributed by atoms with Crippen molar-refractivity contribution in [2.24, 2.45) is 5.73 Å². The number of carbonyl (C=O) groups is 2. The fraction of sp³-hybridized carbons (Fsp3) is 0.683. The number of esters is 2. The Kier molecular flexibility index (Phi) is 55.3. The molecular weight excluding hydrogens is 930 g/mol. The Bertz CT molecular complexity index is 1560. The molecule has 9 nitrogen and oxygen atoms in total. The van der Waals surface area contributed by atoms with Crippen LogP contribution in [0.15, 0.2) is 109 Å². The molecule has 73 heavy (non-hydrogen) atoms. The van der Waals surface area contributed by atoms with E-state index in [1.54, 1.807) is 0 Å². The van der Waals surface area contributed by atoms with Gasteiger partial charge in [-0.1, -0.05) is 245 Å². The SMILES string of the molecule is CC/C=C\C/C=C\C/C=C\C/C=C\C/C=C\CCCCCCCCCCCCCCCCCCCC(=O)OC(COC(=O)CCCCCCCC/C=C\C/C=C\C/C=C\C/C=C\CC)COP(=O)(O)OCCN. The van der Waals surface area contributed by atoms with Crippen molar-refractivity contribution in [3.63, 3.8) is 0 Å². The number of ether oxygens (including phenoxy) is 2. The minimum absolute atomic E-state index is 0.0472. The molecule has 2 atom stereocenters. The van der Waals surface area contributed by atoms with E-state index >= 15 is 0 Å². The Morgan fingerprint density at radius 1 is 0.411 bits per heavy atom. The highest BCUT2D eigenvalue weighted by molar-refractivity contribution is 7.47. The average molecular weight is 1040 g/mol. The first-order valence-corrected chi connectivity index (χ1v) is 30.9. The van der Waals surface area contributed by atoms with E-state index in [2.05, 4.69) is 123 Å². The van der Waals surface area contributed by atoms with Crippen LogP contribution in [0.25, 0.3) is 0 Å². The highest BCUT2D eigenvalue weighted by Gasteiger charge is 2.26. The Labute approximate surface area is 448 Å². The number of allylic oxidation sites excluding steroid dienone is 18. The van der Waals surface area contributed by atoms with E-state index in [1.165, 1.54) is 89.9 Å². The zero-order chi connectivity index (χ0) is 53.1. The molecule has 0 rings (SSSR count). The second-order valence-electron chi connectivity index (χ2n) is 19.1. The van der Waals surface area contributed by atoms with Crippen molar-refractivity contribution in [3.05, 3.63) is 109 Å². The predicted octanol–water partition coefficient (Wildman–Crippen LogP) is 18.6. The van der Waals surface area contributed by atoms with Gasteiger partial charge in [-0.05, 0) is 96.3 Å². The number of phosphoric acid groups is 1. The van der Waals surface area contributed by atoms with Crippen molar-refractivity contribution in [3.8, 4) is 0 Å². The van der Waals surface area contributed by atoms with Crippen molar-refractivity contribution in [1.82, 2.24) is 0 Å². The van der Waals surface area contributed by atoms with Crippen LogP contribution in [0, 0.1) is 0 Å². The lowest BCUT2D eigenvalue weighted by atomic mass is 10.0. The lowest BCUT2D eigenvalue weighted by Crippen LogP contribution is -2.29. The summed E-state index contributed by atoms with van der Waals surface area (Å²) in [5.74, 6) is -0.844. The third-order valence-electron chi connectivity index (χ3n) is 12.2. The zero-order valence-electron chi connectivity index (χ0n) is 46.6. The predicted molar refractivity (Wildman–Crippen MR) is 311 cm³/mol. The third-order valence-corrected chi connectivity index (χ3v) is 13.1. The average Bonchev–Trinajstić information content (AvgIpc) is 3.38. The molecule has 0 fully saturated rings. The van der Waals surface area contributed by atoms with Gasteiger partial charge in [-0.3, -0.25) is 18.6 Å². The van der Waals surface area contributed by atoms with Crippen LogP contribution in [-0.4, -0.2) is 49.3 Å². The van der Waals surface area contributed by atoms with Gasteiger partial charge in [0.15, 0.2) is 6.10 Å². The minimum Gasteiger partial charge on any atom is -0.462 e. The monoisotopic (exact) mass is 1040 g/mol. The van der Waals surface area contributed by atoms with Gasteiger partial charge >= 0.3 is 19.8 Å². The summed E-state index contributed by atoms with van der Waals surface area (Å²) in [4.78, 5) is 35.2. The van der Waals surface area contributed by atoms with Crippen LogP contribution in [0.5, 0.6) is 0 Å². The Morgan fingerprint density at radius 3 is 1.05 bits per heavy atom. The molecule has 0 aliphatic heterocycles. The molecule has 0 heterocycles. The van der Waals surface area contributed by atoms with E-state index in [1.807, 2.05) is 0 Å². The first-order valence-electron chi connectivity index (χ1n) is 29.4. The van der Waals surface area contributed by atoms with E-state index in [0.717, 1.165) is 116 Å². The summed E-state index contributed by atoms with van der Waals surface area (Å²) in [6.45, 7) is 3.51. The van der Waals surface area contributed by atoms with Crippen LogP contribution >= 0.6 is 7.82 Å². The van der Waals surface area contributed by atoms with Crippen LogP contribution in [0.4, 0.5) is 0 Å². The van der Waals surface area contributed by atoms with Gasteiger partial charge in [0.05, 0.1) is 13.2 Å². The Balaban J connectivity index is 3.94. The summed E-state index contributed by atoms with van der Waals surface area (Å²) in [6, 6.07) is 0. The third kappa shape index (κ3) is 57.8. The number of rotatable bonds is 54. The smallest absolute Gasteiger partial charge is 0.462 e. The topological polar surface area (TPSA) is 134 Å². The van der Waals surface area contributed by atoms with Crippen molar-refractivity contribution in [1.29, 1.82) is 0 Å². The van der Waals surface area contributed by atoms with E-state index in [0.29, 0.717) is 12.8 Å². The number of hydrogen-bond donors (Lipinski definition) is 2. The molecule has 0 aliphatic carbocycles. The summed E-state index contributed by atoms with van der Waals surface area (Å²) in [5, 5.41) is 0. The van der Waals surface area contributed by atoms with Crippen LogP contribution in [-0.2, 0) is 32.7 Å². The molecule has 0 aromatic heterocycles. The van der Waals surface area contributed by atoms with Gasteiger partial charge in [-0.15, -0.1) is 0 Å². The lowest BCUT2D eigenvalue weighted by Gasteiger charge is -2.19. The standard InChI is InChI=1S/C63H108NO8P/c1-3-5-7-9-11-13-15-17-19-21-23-24-25-26-27-28-29-30-31-32-33-34-35-36-38-40-42-44-46-48-50-52-54-56-63(66)72-61(60-71-73(67,68)70-58-57-64)59-69-62(65)55-53-51-49-47-45-43-41-39-37-22-20-18-16-14-12-10-8-6-4-2/h5-8,11-14,17-20,23-24,26-27,37,39,61H,3-4,9-10,15-16,21-22,25,28-36,38,40-60,64H2,1-2H3,(H,67,68)/b7-5-,8-6-,13-11-,14-12-,19-17-,20-18-,24-23-,27-26-,39-37-. The van der Waals surface area contributed by atoms with Gasteiger partial charge in [0, 0.05) is 19.4 Å². The molecule has 0 aromatic carbocycles. The molecule has 2 unspecified atom stereocenters. The Hall–Kier alpha value is -3.33. The van der Waals surface area contributed by atoms with Gasteiger partial charge in [0.2, 0.25) is 0 Å². The molecule has 0 spiro atoms. The van der Waals surface area contributed by atoms with E-state index in [4.69, 9.17) is 24.3 Å². The molecular formula is C63H108NO8P. The van der Waals surface area contributed by atoms with E-state index < -0.39 is 32.5 Å². The molecule has 0 aromatic rings. The van der Waals surface area contributed by atoms with Crippen molar-refractivity contribution < 1.29 is 37.6 Å². The summed E-state index contributed by atoms with van der Waals surface area (Å²) < 4.78 is 33.0. The van der Waals surface area contributed by atoms with Crippen molar-refractivity contribution >= 4 is 19.8 Å². The van der Waals surface area contributed by atoms with Crippen LogP contribution in [0.3, 0.4) is 0 Å². The van der Waals surface area contributed by atoms with Gasteiger partial charge in [-0.2, -0.15) is 0 Å². The molecule has 418 valence electrons. The lowest BCUT2D eigenvalue weighted by molar-refractivity contribution is -0.161. The number of nitrogens with two attached hydrogens (primary N) is 1. The highest BCUT2D eigenvalue weighted by Crippen LogP contribution is 2.43. The molecule has 0 amide bonds. The number of unbranched alkanes of at least 4 members (excludes halogenated alkanes) is 23. The molecule has 0 aliphatic rings. The summed E-state index contributed by atoms with van der Waals surface area (Å²) in [6.07, 6.45) is 78.6. The quantitative estimate of drug-likeness (QED) is 0.0264. The molecule has 0 saturated heterocycles. The Morgan fingerprint density at radius 2 is 0.712 bits per heavy atom. The molecule has 0 radical (unpaired) electrons. The normalized spacial score (nSPS) is 13.9. The van der Waals surface area contributed by atoms with Gasteiger partial charge in [-0.25, -0.2) is 4.57 Å². The van der Waals surface area contributed by atoms with Crippen LogP contribution in [0.2, 0.25) is 0 Å². The van der Waals surface area contributed by atoms with E-state index in [-0.39, 0.29) is 32.6 Å². The minimum atomic E-state index is -4.40. The summed E-state index contributed by atoms with van der Waals surface area (Å²) in [7, 11) is -4.40. The molecule has 0 saturated carbocycles. The second-order valence-corrected chi connectivity index (χ2v) is 20.6. The van der Waals surface area contributed by atoms with Gasteiger partial charge < -0.3 is 20.1 Å². The van der Waals surface area contributed by atoms with Crippen LogP contribution < -0.4 is 5.73 Å². The van der Waals surface area contributed by atoms with Gasteiger partial charge in [0.1, 0.15) is 6.61 Å². The van der Waals surface area contributed by atoms with Crippen molar-refractivity contribution in [2.45, 2.75) is 251 Å². The highest BCUT2D eigenvalue weighted by atomic mass is 31.2. The molecule has 3 N–H and O–H groups in total. The fourth-order valence-electron chi connectivity index (χ4n) is 7.89. The van der Waals surface area contributed by atoms with Crippen molar-refractivity contribution in [2.75, 3.05) is 26.4 Å². The largest absolute Gasteiger partial charge is 0.472 e.